The molecule has 0 heterocycles. The van der Waals surface area contributed by atoms with Crippen molar-refractivity contribution < 1.29 is 65.6 Å². The van der Waals surface area contributed by atoms with E-state index in [-0.39, 0.29) is 36.2 Å². The summed E-state index contributed by atoms with van der Waals surface area (Å²) in [7, 11) is -5.83. The van der Waals surface area contributed by atoms with E-state index in [0.29, 0.717) is 0 Å². The van der Waals surface area contributed by atoms with Crippen LogP contribution in [0.3, 0.4) is 0 Å². The van der Waals surface area contributed by atoms with Crippen LogP contribution in [0, 0.1) is 0 Å². The van der Waals surface area contributed by atoms with Gasteiger partial charge < -0.3 is 14.0 Å². The molecule has 15 heavy (non-hydrogen) atoms. The summed E-state index contributed by atoms with van der Waals surface area (Å²) in [6, 6.07) is 0. The van der Waals surface area contributed by atoms with E-state index < -0.39 is 28.1 Å². The topological polar surface area (TPSA) is 92.7 Å². The average molecular weight is 256 g/mol. The van der Waals surface area contributed by atoms with Crippen LogP contribution in [0.1, 0.15) is 6.92 Å². The molecule has 0 aliphatic heterocycles. The van der Waals surface area contributed by atoms with Crippen LogP contribution in [-0.2, 0) is 19.6 Å². The van der Waals surface area contributed by atoms with Crippen molar-refractivity contribution in [2.75, 3.05) is 13.2 Å². The number of halogens is 2. The number of hydrogen-bond acceptors (Lipinski definition) is 6. The van der Waals surface area contributed by atoms with Gasteiger partial charge in [-0.25, -0.2) is 13.2 Å². The van der Waals surface area contributed by atoms with Gasteiger partial charge in [0.25, 0.3) is 0 Å². The van der Waals surface area contributed by atoms with E-state index in [1.807, 2.05) is 0 Å². The van der Waals surface area contributed by atoms with Crippen molar-refractivity contribution in [1.82, 2.24) is 0 Å². The number of hydrogen-bond donors (Lipinski definition) is 0. The number of alkyl halides is 2. The molecule has 0 N–H and O–H groups in total. The largest absolute Gasteiger partial charge is 1.00 e. The van der Waals surface area contributed by atoms with E-state index in [1.165, 1.54) is 6.92 Å². The van der Waals surface area contributed by atoms with Crippen LogP contribution in [0.15, 0.2) is 0 Å². The molecule has 0 amide bonds. The molecule has 0 radical (unpaired) electrons. The molecule has 0 aliphatic carbocycles. The minimum Gasteiger partial charge on any atom is -0.743 e. The quantitative estimate of drug-likeness (QED) is 0.309. The Hall–Kier alpha value is 0.0400. The average Bonchev–Trinajstić information content (AvgIpc) is 1.99. The first-order chi connectivity index (χ1) is 6.20. The fourth-order valence-corrected chi connectivity index (χ4v) is 0.578. The van der Waals surface area contributed by atoms with Gasteiger partial charge in [0.1, 0.15) is 0 Å². The van der Waals surface area contributed by atoms with E-state index in [4.69, 9.17) is 0 Å². The third kappa shape index (κ3) is 6.25. The molecule has 0 spiro atoms. The van der Waals surface area contributed by atoms with Crippen molar-refractivity contribution in [3.63, 3.8) is 0 Å². The van der Waals surface area contributed by atoms with E-state index >= 15 is 0 Å². The van der Waals surface area contributed by atoms with Crippen LogP contribution in [0.5, 0.6) is 0 Å². The third-order valence-electron chi connectivity index (χ3n) is 0.986. The third-order valence-corrected chi connectivity index (χ3v) is 1.84. The first kappa shape index (κ1) is 17.4. The number of carbonyl (C=O) groups excluding carboxylic acids is 1. The van der Waals surface area contributed by atoms with E-state index in [0.717, 1.165) is 0 Å². The summed E-state index contributed by atoms with van der Waals surface area (Å²) >= 11 is 0. The Bertz CT molecular complexity index is 303. The molecule has 0 rings (SSSR count). The summed E-state index contributed by atoms with van der Waals surface area (Å²) in [4.78, 5) is 10.3. The minimum atomic E-state index is -5.83. The zero-order valence-electron chi connectivity index (χ0n) is 8.03. The summed E-state index contributed by atoms with van der Waals surface area (Å²) in [6.07, 6.45) is -1.46. The second kappa shape index (κ2) is 6.59. The monoisotopic (exact) mass is 256 g/mol. The maximum absolute atomic E-state index is 12.3. The molecule has 0 saturated heterocycles. The SMILES string of the molecule is CCOC(=O)OCC(F)(F)S(=O)(=O)[O-].[Na+]. The molecule has 0 fully saturated rings. The zero-order chi connectivity index (χ0) is 11.4. The number of ether oxygens (including phenoxy) is 2. The van der Waals surface area contributed by atoms with Crippen LogP contribution in [0.25, 0.3) is 0 Å². The Morgan fingerprint density at radius 2 is 1.87 bits per heavy atom. The summed E-state index contributed by atoms with van der Waals surface area (Å²) in [5.41, 5.74) is 0. The maximum Gasteiger partial charge on any atom is 1.00 e. The molecule has 0 aromatic rings. The predicted octanol–water partition coefficient (Wildman–Crippen LogP) is -2.70. The molecule has 0 unspecified atom stereocenters. The molecule has 0 aliphatic rings. The van der Waals surface area contributed by atoms with Crippen molar-refractivity contribution in [3.05, 3.63) is 0 Å². The van der Waals surface area contributed by atoms with Gasteiger partial charge in [0, 0.05) is 0 Å². The van der Waals surface area contributed by atoms with Crippen molar-refractivity contribution in [2.45, 2.75) is 12.2 Å². The Balaban J connectivity index is 0. The molecule has 0 aromatic carbocycles. The summed E-state index contributed by atoms with van der Waals surface area (Å²) in [6.45, 7) is -0.573. The van der Waals surface area contributed by atoms with Gasteiger partial charge in [-0.05, 0) is 6.92 Å². The van der Waals surface area contributed by atoms with Crippen LogP contribution in [0.4, 0.5) is 13.6 Å². The van der Waals surface area contributed by atoms with Gasteiger partial charge in [-0.2, -0.15) is 8.78 Å². The molecule has 6 nitrogen and oxygen atoms in total. The molecule has 0 bridgehead atoms. The van der Waals surface area contributed by atoms with Gasteiger partial charge in [-0.3, -0.25) is 0 Å². The molecular formula is C5H7F2NaO6S. The molecule has 0 aromatic heterocycles. The van der Waals surface area contributed by atoms with Crippen LogP contribution in [-0.4, -0.2) is 37.6 Å². The van der Waals surface area contributed by atoms with Crippen molar-refractivity contribution in [1.29, 1.82) is 0 Å². The molecule has 10 heteroatoms. The Morgan fingerprint density at radius 1 is 1.40 bits per heavy atom. The van der Waals surface area contributed by atoms with Crippen molar-refractivity contribution >= 4 is 16.3 Å². The first-order valence-corrected chi connectivity index (χ1v) is 4.74. The molecule has 0 atom stereocenters. The van der Waals surface area contributed by atoms with E-state index in [9.17, 15) is 26.5 Å². The smallest absolute Gasteiger partial charge is 0.743 e. The number of carbonyl (C=O) groups is 1. The Kier molecular flexibility index (Phi) is 7.65. The summed E-state index contributed by atoms with van der Waals surface area (Å²) in [5, 5.41) is -4.64. The number of rotatable bonds is 4. The standard InChI is InChI=1S/C5H8F2O6S.Na/c1-2-12-4(8)13-3-5(6,7)14(9,10)11;/h2-3H2,1H3,(H,9,10,11);/q;+1/p-1. The van der Waals surface area contributed by atoms with Gasteiger partial charge in [-0.1, -0.05) is 0 Å². The summed E-state index contributed by atoms with van der Waals surface area (Å²) in [5.74, 6) is 0. The second-order valence-corrected chi connectivity index (χ2v) is 3.57. The van der Waals surface area contributed by atoms with Crippen LogP contribution >= 0.6 is 0 Å². The summed E-state index contributed by atoms with van der Waals surface area (Å²) < 4.78 is 62.0. The van der Waals surface area contributed by atoms with Crippen molar-refractivity contribution in [3.8, 4) is 0 Å². The Morgan fingerprint density at radius 3 is 2.20 bits per heavy atom. The van der Waals surface area contributed by atoms with Crippen molar-refractivity contribution in [2.24, 2.45) is 0 Å². The van der Waals surface area contributed by atoms with Gasteiger partial charge in [-0.15, -0.1) is 0 Å². The minimum absolute atomic E-state index is 0. The first-order valence-electron chi connectivity index (χ1n) is 3.33. The molecule has 84 valence electrons. The van der Waals surface area contributed by atoms with Gasteiger partial charge in [0.2, 0.25) is 0 Å². The Labute approximate surface area is 107 Å². The van der Waals surface area contributed by atoms with Crippen LogP contribution in [0.2, 0.25) is 0 Å². The van der Waals surface area contributed by atoms with E-state index in [2.05, 4.69) is 9.47 Å². The molecular weight excluding hydrogens is 249 g/mol. The van der Waals surface area contributed by atoms with Crippen LogP contribution < -0.4 is 29.6 Å². The molecule has 0 saturated carbocycles. The normalized spacial score (nSPS) is 11.5. The van der Waals surface area contributed by atoms with Gasteiger partial charge in [0.05, 0.1) is 6.61 Å². The maximum atomic E-state index is 12.3. The fourth-order valence-electron chi connectivity index (χ4n) is 0.375. The second-order valence-electron chi connectivity index (χ2n) is 2.06. The van der Waals surface area contributed by atoms with Gasteiger partial charge >= 0.3 is 41.0 Å². The zero-order valence-corrected chi connectivity index (χ0v) is 10.8. The van der Waals surface area contributed by atoms with Gasteiger partial charge in [0.15, 0.2) is 16.7 Å². The predicted molar refractivity (Wildman–Crippen MR) is 37.6 cm³/mol. The van der Waals surface area contributed by atoms with E-state index in [1.54, 1.807) is 0 Å². The fraction of sp³-hybridized carbons (Fsp3) is 0.800.